The molecule has 1 aromatic heterocycles. The molecule has 4 nitrogen and oxygen atoms in total. The third-order valence-electron chi connectivity index (χ3n) is 1.67. The van der Waals surface area contributed by atoms with E-state index in [1.165, 1.54) is 0 Å². The summed E-state index contributed by atoms with van der Waals surface area (Å²) in [6, 6.07) is 7.12. The van der Waals surface area contributed by atoms with E-state index in [0.29, 0.717) is 16.6 Å². The second-order valence-corrected chi connectivity index (χ2v) is 2.42. The van der Waals surface area contributed by atoms with Gasteiger partial charge in [-0.15, -0.1) is 0 Å². The number of para-hydroxylation sites is 1. The number of aromatic nitrogens is 2. The molecule has 2 aromatic rings. The van der Waals surface area contributed by atoms with Crippen molar-refractivity contribution < 1.29 is 0 Å². The van der Waals surface area contributed by atoms with Gasteiger partial charge in [0.1, 0.15) is 6.07 Å². The number of nitrogens with one attached hydrogen (secondary N) is 2. The van der Waals surface area contributed by atoms with Gasteiger partial charge in [0.05, 0.1) is 16.6 Å². The fraction of sp³-hybridized carbons (Fsp3) is 0. The number of rotatable bonds is 0. The van der Waals surface area contributed by atoms with Crippen LogP contribution in [0.5, 0.6) is 0 Å². The van der Waals surface area contributed by atoms with E-state index in [-0.39, 0.29) is 5.69 Å². The van der Waals surface area contributed by atoms with Crippen LogP contribution in [0.15, 0.2) is 23.0 Å². The number of hydrogen-bond donors (Lipinski definition) is 2. The van der Waals surface area contributed by atoms with Crippen LogP contribution < -0.4 is 5.69 Å². The molecule has 2 rings (SSSR count). The highest BCUT2D eigenvalue weighted by molar-refractivity contribution is 5.80. The molecular weight excluding hydrogens is 154 g/mol. The van der Waals surface area contributed by atoms with E-state index in [4.69, 9.17) is 5.26 Å². The van der Waals surface area contributed by atoms with Crippen LogP contribution >= 0.6 is 0 Å². The summed E-state index contributed by atoms with van der Waals surface area (Å²) in [5.41, 5.74) is 1.43. The Labute approximate surface area is 67.5 Å². The van der Waals surface area contributed by atoms with Crippen molar-refractivity contribution in [1.29, 1.82) is 5.26 Å². The monoisotopic (exact) mass is 159 g/mol. The lowest BCUT2D eigenvalue weighted by Crippen LogP contribution is -1.99. The second kappa shape index (κ2) is 2.24. The van der Waals surface area contributed by atoms with E-state index >= 15 is 0 Å². The zero-order valence-corrected chi connectivity index (χ0v) is 6.09. The number of H-pyrrole nitrogens is 2. The maximum absolute atomic E-state index is 10.8. The molecule has 12 heavy (non-hydrogen) atoms. The van der Waals surface area contributed by atoms with Crippen LogP contribution in [0.3, 0.4) is 0 Å². The van der Waals surface area contributed by atoms with Gasteiger partial charge in [0.15, 0.2) is 0 Å². The molecule has 0 aliphatic heterocycles. The van der Waals surface area contributed by atoms with Crippen LogP contribution in [0, 0.1) is 11.3 Å². The first-order chi connectivity index (χ1) is 5.81. The maximum Gasteiger partial charge on any atom is 0.323 e. The van der Waals surface area contributed by atoms with Gasteiger partial charge in [0.2, 0.25) is 0 Å². The number of benzene rings is 1. The Balaban J connectivity index is 2.99. The maximum atomic E-state index is 10.8. The predicted octanol–water partition coefficient (Wildman–Crippen LogP) is 0.728. The summed E-state index contributed by atoms with van der Waals surface area (Å²) in [5, 5.41) is 8.66. The molecule has 0 aliphatic rings. The Hall–Kier alpha value is -2.02. The molecule has 58 valence electrons. The summed E-state index contributed by atoms with van der Waals surface area (Å²) in [5.74, 6) is 0. The summed E-state index contributed by atoms with van der Waals surface area (Å²) in [6.07, 6.45) is 0. The highest BCUT2D eigenvalue weighted by Gasteiger charge is 2.01. The summed E-state index contributed by atoms with van der Waals surface area (Å²) < 4.78 is 0. The van der Waals surface area contributed by atoms with Gasteiger partial charge >= 0.3 is 5.69 Å². The van der Waals surface area contributed by atoms with E-state index in [2.05, 4.69) is 9.97 Å². The van der Waals surface area contributed by atoms with Gasteiger partial charge in [-0.2, -0.15) is 5.26 Å². The molecule has 0 saturated heterocycles. The quantitative estimate of drug-likeness (QED) is 0.594. The van der Waals surface area contributed by atoms with Crippen molar-refractivity contribution in [3.05, 3.63) is 34.2 Å². The Morgan fingerprint density at radius 1 is 1.33 bits per heavy atom. The average molecular weight is 159 g/mol. The molecule has 0 atom stereocenters. The van der Waals surface area contributed by atoms with Gasteiger partial charge in [0.25, 0.3) is 0 Å². The number of hydrogen-bond acceptors (Lipinski definition) is 2. The highest BCUT2D eigenvalue weighted by Crippen LogP contribution is 2.10. The van der Waals surface area contributed by atoms with Crippen molar-refractivity contribution in [2.24, 2.45) is 0 Å². The molecule has 0 unspecified atom stereocenters. The topological polar surface area (TPSA) is 72.4 Å². The predicted molar refractivity (Wildman–Crippen MR) is 43.6 cm³/mol. The molecular formula is C8H5N3O. The fourth-order valence-electron chi connectivity index (χ4n) is 1.15. The standard InChI is InChI=1S/C8H5N3O/c9-4-5-2-1-3-6-7(5)11-8(12)10-6/h1-3H,(H2,10,11,12). The highest BCUT2D eigenvalue weighted by atomic mass is 16.1. The second-order valence-electron chi connectivity index (χ2n) is 2.42. The van der Waals surface area contributed by atoms with E-state index in [9.17, 15) is 4.79 Å². The smallest absolute Gasteiger partial charge is 0.306 e. The van der Waals surface area contributed by atoms with Crippen molar-refractivity contribution in [2.45, 2.75) is 0 Å². The normalized spacial score (nSPS) is 9.92. The molecule has 0 spiro atoms. The molecule has 0 bridgehead atoms. The Morgan fingerprint density at radius 3 is 2.92 bits per heavy atom. The van der Waals surface area contributed by atoms with Crippen LogP contribution in [0.4, 0.5) is 0 Å². The Morgan fingerprint density at radius 2 is 2.17 bits per heavy atom. The van der Waals surface area contributed by atoms with E-state index in [0.717, 1.165) is 0 Å². The number of nitriles is 1. The molecule has 4 heteroatoms. The van der Waals surface area contributed by atoms with Crippen molar-refractivity contribution in [1.82, 2.24) is 9.97 Å². The van der Waals surface area contributed by atoms with Gasteiger partial charge in [-0.1, -0.05) is 6.07 Å². The zero-order chi connectivity index (χ0) is 8.55. The third-order valence-corrected chi connectivity index (χ3v) is 1.67. The molecule has 0 saturated carbocycles. The van der Waals surface area contributed by atoms with Crippen LogP contribution in [0.1, 0.15) is 5.56 Å². The van der Waals surface area contributed by atoms with Crippen LogP contribution in [0.2, 0.25) is 0 Å². The van der Waals surface area contributed by atoms with Gasteiger partial charge in [0, 0.05) is 0 Å². The number of nitrogens with zero attached hydrogens (tertiary/aromatic N) is 1. The number of aromatic amines is 2. The molecule has 1 heterocycles. The van der Waals surface area contributed by atoms with Crippen LogP contribution in [-0.4, -0.2) is 9.97 Å². The van der Waals surface area contributed by atoms with Crippen LogP contribution in [0.25, 0.3) is 11.0 Å². The van der Waals surface area contributed by atoms with Gasteiger partial charge in [-0.25, -0.2) is 4.79 Å². The molecule has 0 aliphatic carbocycles. The molecule has 0 amide bonds. The molecule has 2 N–H and O–H groups in total. The average Bonchev–Trinajstić information content (AvgIpc) is 2.44. The van der Waals surface area contributed by atoms with Gasteiger partial charge < -0.3 is 9.97 Å². The minimum atomic E-state index is -0.285. The fourth-order valence-corrected chi connectivity index (χ4v) is 1.15. The SMILES string of the molecule is N#Cc1cccc2[nH]c(=O)[nH]c12. The Kier molecular flexibility index (Phi) is 1.25. The van der Waals surface area contributed by atoms with E-state index < -0.39 is 0 Å². The lowest BCUT2D eigenvalue weighted by molar-refractivity contribution is 1.21. The van der Waals surface area contributed by atoms with Crippen molar-refractivity contribution in [2.75, 3.05) is 0 Å². The lowest BCUT2D eigenvalue weighted by Gasteiger charge is -1.88. The van der Waals surface area contributed by atoms with E-state index in [1.54, 1.807) is 18.2 Å². The number of fused-ring (bicyclic) bond motifs is 1. The molecule has 1 aromatic carbocycles. The minimum Gasteiger partial charge on any atom is -0.306 e. The van der Waals surface area contributed by atoms with Crippen molar-refractivity contribution >= 4 is 11.0 Å². The first-order valence-corrected chi connectivity index (χ1v) is 3.42. The van der Waals surface area contributed by atoms with E-state index in [1.807, 2.05) is 6.07 Å². The van der Waals surface area contributed by atoms with Gasteiger partial charge in [-0.3, -0.25) is 0 Å². The summed E-state index contributed by atoms with van der Waals surface area (Å²) >= 11 is 0. The summed E-state index contributed by atoms with van der Waals surface area (Å²) in [4.78, 5) is 16.0. The van der Waals surface area contributed by atoms with Gasteiger partial charge in [-0.05, 0) is 12.1 Å². The van der Waals surface area contributed by atoms with Crippen LogP contribution in [-0.2, 0) is 0 Å². The minimum absolute atomic E-state index is 0.285. The first kappa shape index (κ1) is 6.68. The largest absolute Gasteiger partial charge is 0.323 e. The number of imidazole rings is 1. The molecule has 0 fully saturated rings. The summed E-state index contributed by atoms with van der Waals surface area (Å²) in [6.45, 7) is 0. The Bertz CT molecular complexity index is 515. The lowest BCUT2D eigenvalue weighted by atomic mass is 10.2. The van der Waals surface area contributed by atoms with Crippen molar-refractivity contribution in [3.8, 4) is 6.07 Å². The third kappa shape index (κ3) is 0.805. The van der Waals surface area contributed by atoms with Crippen molar-refractivity contribution in [3.63, 3.8) is 0 Å². The zero-order valence-electron chi connectivity index (χ0n) is 6.09. The first-order valence-electron chi connectivity index (χ1n) is 3.42. The molecule has 0 radical (unpaired) electrons. The summed E-state index contributed by atoms with van der Waals surface area (Å²) in [7, 11) is 0.